The summed E-state index contributed by atoms with van der Waals surface area (Å²) in [7, 11) is 0. The number of aldehydes is 1. The molecule has 20 heavy (non-hydrogen) atoms. The smallest absolute Gasteiger partial charge is 0.172 e. The molecule has 4 nitrogen and oxygen atoms in total. The number of thiophene rings is 1. The van der Waals surface area contributed by atoms with Crippen LogP contribution in [0.25, 0.3) is 16.3 Å². The molecule has 3 rings (SSSR count). The van der Waals surface area contributed by atoms with Crippen LogP contribution in [0.2, 0.25) is 0 Å². The van der Waals surface area contributed by atoms with Crippen LogP contribution in [0.1, 0.15) is 21.6 Å². The third-order valence-electron chi connectivity index (χ3n) is 3.37. The van der Waals surface area contributed by atoms with Crippen molar-refractivity contribution in [3.05, 3.63) is 52.5 Å². The molecule has 2 heterocycles. The van der Waals surface area contributed by atoms with Crippen LogP contribution in [0.15, 0.2) is 35.7 Å². The normalized spacial score (nSPS) is 10.7. The van der Waals surface area contributed by atoms with E-state index in [0.717, 1.165) is 28.1 Å². The molecule has 0 aliphatic rings. The van der Waals surface area contributed by atoms with Crippen molar-refractivity contribution in [2.75, 3.05) is 0 Å². The zero-order valence-electron chi connectivity index (χ0n) is 11.2. The number of aryl methyl sites for hydroxylation is 1. The van der Waals surface area contributed by atoms with Gasteiger partial charge in [0.1, 0.15) is 5.69 Å². The van der Waals surface area contributed by atoms with Crippen molar-refractivity contribution in [1.82, 2.24) is 15.0 Å². The van der Waals surface area contributed by atoms with Crippen LogP contribution in [0.4, 0.5) is 0 Å². The minimum Gasteiger partial charge on any atom is -0.296 e. The number of rotatable bonds is 3. The third kappa shape index (κ3) is 1.96. The third-order valence-corrected chi connectivity index (χ3v) is 4.24. The van der Waals surface area contributed by atoms with Crippen molar-refractivity contribution in [3.8, 4) is 16.3 Å². The van der Waals surface area contributed by atoms with Crippen molar-refractivity contribution in [3.63, 3.8) is 0 Å². The van der Waals surface area contributed by atoms with Gasteiger partial charge in [-0.05, 0) is 42.5 Å². The fourth-order valence-corrected chi connectivity index (χ4v) is 2.91. The Morgan fingerprint density at radius 2 is 2.05 bits per heavy atom. The fraction of sp³-hybridized carbons (Fsp3) is 0.133. The Balaban J connectivity index is 2.28. The maximum atomic E-state index is 11.2. The van der Waals surface area contributed by atoms with E-state index in [1.165, 1.54) is 5.56 Å². The van der Waals surface area contributed by atoms with Gasteiger partial charge in [-0.2, -0.15) is 0 Å². The van der Waals surface area contributed by atoms with Gasteiger partial charge in [-0.15, -0.1) is 16.4 Å². The van der Waals surface area contributed by atoms with Crippen LogP contribution in [-0.4, -0.2) is 21.3 Å². The summed E-state index contributed by atoms with van der Waals surface area (Å²) in [4.78, 5) is 12.2. The van der Waals surface area contributed by atoms with Gasteiger partial charge in [-0.3, -0.25) is 4.79 Å². The first-order chi connectivity index (χ1) is 9.72. The maximum Gasteiger partial charge on any atom is 0.172 e. The summed E-state index contributed by atoms with van der Waals surface area (Å²) < 4.78 is 1.75. The lowest BCUT2D eigenvalue weighted by molar-refractivity contribution is 0.111. The summed E-state index contributed by atoms with van der Waals surface area (Å²) in [5.74, 6) is 0. The van der Waals surface area contributed by atoms with Gasteiger partial charge < -0.3 is 0 Å². The number of carbonyl (C=O) groups is 1. The molecule has 5 heteroatoms. The number of aromatic nitrogens is 3. The molecule has 0 amide bonds. The Labute approximate surface area is 120 Å². The zero-order chi connectivity index (χ0) is 14.1. The number of benzene rings is 1. The van der Waals surface area contributed by atoms with E-state index >= 15 is 0 Å². The van der Waals surface area contributed by atoms with E-state index in [-0.39, 0.29) is 0 Å². The van der Waals surface area contributed by atoms with Crippen LogP contribution in [-0.2, 0) is 0 Å². The molecule has 0 saturated heterocycles. The quantitative estimate of drug-likeness (QED) is 0.692. The lowest BCUT2D eigenvalue weighted by Crippen LogP contribution is -2.02. The highest BCUT2D eigenvalue weighted by atomic mass is 32.1. The van der Waals surface area contributed by atoms with E-state index < -0.39 is 0 Å². The lowest BCUT2D eigenvalue weighted by Gasteiger charge is -2.10. The van der Waals surface area contributed by atoms with Crippen molar-refractivity contribution >= 4 is 17.6 Å². The van der Waals surface area contributed by atoms with Gasteiger partial charge >= 0.3 is 0 Å². The molecule has 2 aromatic heterocycles. The summed E-state index contributed by atoms with van der Waals surface area (Å²) in [6, 6.07) is 9.95. The second-order valence-corrected chi connectivity index (χ2v) is 5.50. The molecule has 100 valence electrons. The van der Waals surface area contributed by atoms with Crippen LogP contribution in [0, 0.1) is 13.8 Å². The summed E-state index contributed by atoms with van der Waals surface area (Å²) in [5.41, 5.74) is 4.39. The van der Waals surface area contributed by atoms with E-state index in [1.54, 1.807) is 16.0 Å². The Kier molecular flexibility index (Phi) is 3.20. The van der Waals surface area contributed by atoms with Gasteiger partial charge in [0.05, 0.1) is 10.6 Å². The molecule has 0 aliphatic heterocycles. The average Bonchev–Trinajstić information content (AvgIpc) is 3.09. The first kappa shape index (κ1) is 12.7. The lowest BCUT2D eigenvalue weighted by atomic mass is 10.1. The largest absolute Gasteiger partial charge is 0.296 e. The summed E-state index contributed by atoms with van der Waals surface area (Å²) in [5, 5.41) is 10.1. The molecule has 0 spiro atoms. The monoisotopic (exact) mass is 283 g/mol. The number of carbonyl (C=O) groups excluding carboxylic acids is 1. The molecule has 0 fully saturated rings. The maximum absolute atomic E-state index is 11.2. The molecule has 0 aliphatic carbocycles. The molecule has 0 atom stereocenters. The highest BCUT2D eigenvalue weighted by Gasteiger charge is 2.18. The van der Waals surface area contributed by atoms with E-state index in [4.69, 9.17) is 0 Å². The molecular weight excluding hydrogens is 270 g/mol. The van der Waals surface area contributed by atoms with Crippen LogP contribution in [0.3, 0.4) is 0 Å². The molecule has 0 unspecified atom stereocenters. The average molecular weight is 283 g/mol. The molecule has 0 bridgehead atoms. The Bertz CT molecular complexity index is 760. The topological polar surface area (TPSA) is 47.8 Å². The van der Waals surface area contributed by atoms with Gasteiger partial charge in [-0.25, -0.2) is 4.68 Å². The molecule has 3 aromatic rings. The predicted octanol–water partition coefficient (Wildman–Crippen LogP) is 3.43. The molecule has 0 radical (unpaired) electrons. The van der Waals surface area contributed by atoms with E-state index in [0.29, 0.717) is 5.69 Å². The van der Waals surface area contributed by atoms with Gasteiger partial charge in [0.2, 0.25) is 0 Å². The summed E-state index contributed by atoms with van der Waals surface area (Å²) in [6.07, 6.45) is 0.754. The summed E-state index contributed by atoms with van der Waals surface area (Å²) in [6.45, 7) is 4.10. The van der Waals surface area contributed by atoms with Gasteiger partial charge in [0.25, 0.3) is 0 Å². The molecule has 1 aromatic carbocycles. The Morgan fingerprint density at radius 3 is 2.75 bits per heavy atom. The van der Waals surface area contributed by atoms with Crippen molar-refractivity contribution in [2.45, 2.75) is 13.8 Å². The standard InChI is InChI=1S/C15H13N3OS/c1-10-5-3-6-13(11(10)2)18-15(12(9-19)16-17-18)14-7-4-8-20-14/h3-9H,1-2H3. The molecular formula is C15H13N3OS. The van der Waals surface area contributed by atoms with E-state index in [1.807, 2.05) is 36.6 Å². The van der Waals surface area contributed by atoms with Crippen LogP contribution >= 0.6 is 11.3 Å². The first-order valence-electron chi connectivity index (χ1n) is 6.23. The zero-order valence-corrected chi connectivity index (χ0v) is 12.0. The SMILES string of the molecule is Cc1cccc(-n2nnc(C=O)c2-c2cccs2)c1C. The number of hydrogen-bond donors (Lipinski definition) is 0. The second kappa shape index (κ2) is 5.02. The van der Waals surface area contributed by atoms with Crippen LogP contribution < -0.4 is 0 Å². The predicted molar refractivity (Wildman–Crippen MR) is 79.5 cm³/mol. The molecule has 0 saturated carbocycles. The fourth-order valence-electron chi connectivity index (χ4n) is 2.15. The highest BCUT2D eigenvalue weighted by Crippen LogP contribution is 2.29. The first-order valence-corrected chi connectivity index (χ1v) is 7.11. The van der Waals surface area contributed by atoms with E-state index in [9.17, 15) is 4.79 Å². The van der Waals surface area contributed by atoms with E-state index in [2.05, 4.69) is 23.3 Å². The minimum atomic E-state index is 0.369. The minimum absolute atomic E-state index is 0.369. The Hall–Kier alpha value is -2.27. The van der Waals surface area contributed by atoms with Crippen molar-refractivity contribution in [1.29, 1.82) is 0 Å². The summed E-state index contributed by atoms with van der Waals surface area (Å²) >= 11 is 1.57. The van der Waals surface area contributed by atoms with Gasteiger partial charge in [0, 0.05) is 0 Å². The second-order valence-electron chi connectivity index (χ2n) is 4.55. The van der Waals surface area contributed by atoms with Crippen molar-refractivity contribution < 1.29 is 4.79 Å². The van der Waals surface area contributed by atoms with Gasteiger partial charge in [0.15, 0.2) is 12.0 Å². The highest BCUT2D eigenvalue weighted by molar-refractivity contribution is 7.13. The molecule has 0 N–H and O–H groups in total. The number of hydrogen-bond acceptors (Lipinski definition) is 4. The van der Waals surface area contributed by atoms with Gasteiger partial charge in [-0.1, -0.05) is 23.4 Å². The Morgan fingerprint density at radius 1 is 1.20 bits per heavy atom. The van der Waals surface area contributed by atoms with Crippen molar-refractivity contribution in [2.24, 2.45) is 0 Å². The number of nitrogens with zero attached hydrogens (tertiary/aromatic N) is 3. The van der Waals surface area contributed by atoms with Crippen LogP contribution in [0.5, 0.6) is 0 Å².